The van der Waals surface area contributed by atoms with Crippen molar-refractivity contribution in [2.24, 2.45) is 0 Å². The van der Waals surface area contributed by atoms with Gasteiger partial charge in [-0.25, -0.2) is 11.1 Å². The van der Waals surface area contributed by atoms with Crippen LogP contribution in [-0.4, -0.2) is 0 Å². The standard InChI is InChI=1S/C17H12.41Y/c1-13-9-11-15(12-10-13)17-8-4-6-14-5-2-3-7-16(14)17;;;;;;;;;;;;;;;;;;;;;;;;;;;;;;;;;;;;;;;;;/h2-7,9-11H,1H3;;;;;;;;;;;;;;;;;;;;;;;;;;;;;;;;;;;;;;;;;/q-2;;;;;;;;;;;;;;;;;;;;;;;;;;;;;;;;;;;;;;;;;. The van der Waals surface area contributed by atoms with E-state index >= 15 is 0 Å². The normalized spacial score (nSPS) is 3.12. The van der Waals surface area contributed by atoms with Crippen molar-refractivity contribution in [2.75, 3.05) is 0 Å². The summed E-state index contributed by atoms with van der Waals surface area (Å²) in [5, 5.41) is 2.48. The van der Waals surface area contributed by atoms with E-state index in [1.807, 2.05) is 12.1 Å². The molecule has 0 bridgehead atoms. The third kappa shape index (κ3) is 156. The van der Waals surface area contributed by atoms with Crippen LogP contribution in [0.5, 0.6) is 0 Å². The Labute approximate surface area is 1390 Å². The van der Waals surface area contributed by atoms with E-state index in [0.717, 1.165) is 11.1 Å². The third-order valence-electron chi connectivity index (χ3n) is 2.96. The first-order valence-corrected chi connectivity index (χ1v) is 5.73. The van der Waals surface area contributed by atoms with Crippen molar-refractivity contribution in [3.8, 4) is 11.1 Å². The molecule has 0 N–H and O–H groups in total. The number of rotatable bonds is 1. The molecule has 41 radical (unpaired) electrons. The van der Waals surface area contributed by atoms with Gasteiger partial charge in [0.2, 0.25) is 0 Å². The van der Waals surface area contributed by atoms with Crippen LogP contribution in [-0.2, 0) is 1340 Å². The average molecular weight is 3860 g/mol. The van der Waals surface area contributed by atoms with Gasteiger partial charge in [0.1, 0.15) is 0 Å². The molecular weight excluding hydrogens is 3850 g/mol. The van der Waals surface area contributed by atoms with Gasteiger partial charge in [-0.15, -0.1) is 28.5 Å². The van der Waals surface area contributed by atoms with Crippen LogP contribution < -0.4 is 0 Å². The fourth-order valence-electron chi connectivity index (χ4n) is 2.04. The SMILES string of the molecule is Cc1c[c-]c(-c2[c-]ccc3ccccc23)cc1.[Y].[Y].[Y].[Y].[Y].[Y].[Y].[Y].[Y].[Y].[Y].[Y].[Y].[Y].[Y].[Y].[Y].[Y].[Y].[Y].[Y].[Y].[Y].[Y].[Y].[Y].[Y].[Y].[Y].[Y].[Y].[Y].[Y].[Y].[Y].[Y].[Y].[Y].[Y].[Y].[Y]. The molecule has 0 amide bonds. The molecule has 0 nitrogen and oxygen atoms in total. The maximum atomic E-state index is 3.32. The largest absolute Gasteiger partial charge is 0.226 e. The molecular formula is C17H12Y41-2. The van der Waals surface area contributed by atoms with Gasteiger partial charge >= 0.3 is 0 Å². The van der Waals surface area contributed by atoms with Crippen molar-refractivity contribution in [3.05, 3.63) is 72.3 Å². The van der Waals surface area contributed by atoms with E-state index < -0.39 is 0 Å². The Morgan fingerprint density at radius 1 is 0.276 bits per heavy atom. The molecule has 58 heavy (non-hydrogen) atoms. The van der Waals surface area contributed by atoms with Crippen LogP contribution in [0.25, 0.3) is 21.9 Å². The number of fused-ring (bicyclic) bond motifs is 1. The minimum absolute atomic E-state index is 0. The van der Waals surface area contributed by atoms with E-state index in [0.29, 0.717) is 0 Å². The first kappa shape index (κ1) is 263. The smallest absolute Gasteiger partial charge is 0 e. The summed E-state index contributed by atoms with van der Waals surface area (Å²) < 4.78 is 0. The molecule has 0 atom stereocenters. The van der Waals surface area contributed by atoms with Crippen LogP contribution in [0, 0.1) is 19.1 Å². The second-order valence-corrected chi connectivity index (χ2v) is 4.22. The third-order valence-corrected chi connectivity index (χ3v) is 2.96. The van der Waals surface area contributed by atoms with Crippen LogP contribution in [0.2, 0.25) is 0 Å². The maximum Gasteiger partial charge on any atom is 0 e. The Bertz CT molecular complexity index is 694. The minimum atomic E-state index is 0. The van der Waals surface area contributed by atoms with E-state index in [4.69, 9.17) is 0 Å². The second kappa shape index (κ2) is 206. The number of hydrogen-bond donors (Lipinski definition) is 0. The minimum Gasteiger partial charge on any atom is -0.226 e. The molecule has 0 spiro atoms. The van der Waals surface area contributed by atoms with Gasteiger partial charge in [-0.1, -0.05) is 25.1 Å². The summed E-state index contributed by atoms with van der Waals surface area (Å²) in [7, 11) is 0. The zero-order valence-corrected chi connectivity index (χ0v) is 150. The van der Waals surface area contributed by atoms with Gasteiger partial charge in [0.25, 0.3) is 0 Å². The molecule has 3 rings (SSSR count). The Hall–Kier alpha value is 43.2. The Balaban J connectivity index is -0.00000000238. The molecule has 41 heteroatoms. The van der Waals surface area contributed by atoms with Gasteiger partial charge < -0.3 is 0 Å². The van der Waals surface area contributed by atoms with Crippen LogP contribution in [0.1, 0.15) is 5.56 Å². The Morgan fingerprint density at radius 2 is 0.534 bits per heavy atom. The molecule has 205 valence electrons. The van der Waals surface area contributed by atoms with Crippen molar-refractivity contribution in [2.45, 2.75) is 6.92 Å². The molecule has 3 aromatic carbocycles. The zero-order chi connectivity index (χ0) is 11.7. The molecule has 0 unspecified atom stereocenters. The maximum absolute atomic E-state index is 3.32. The van der Waals surface area contributed by atoms with E-state index in [1.165, 1.54) is 16.3 Å². The van der Waals surface area contributed by atoms with Crippen LogP contribution in [0.15, 0.2) is 54.6 Å². The van der Waals surface area contributed by atoms with Gasteiger partial charge in [0, 0.05) is 1340 Å². The van der Waals surface area contributed by atoms with Crippen molar-refractivity contribution < 1.29 is 1340 Å². The predicted molar refractivity (Wildman–Crippen MR) is 71.8 cm³/mol. The molecule has 3 aromatic rings. The summed E-state index contributed by atoms with van der Waals surface area (Å²) >= 11 is 0. The first-order valence-electron chi connectivity index (χ1n) is 5.73. The zero-order valence-electron chi connectivity index (χ0n) is 33.4. The number of benzene rings is 3. The second-order valence-electron chi connectivity index (χ2n) is 4.22. The number of aryl methyl sites for hydroxylation is 1. The molecule has 0 fully saturated rings. The molecule has 0 saturated heterocycles. The average Bonchev–Trinajstić information content (AvgIpc) is 2.39. The summed E-state index contributed by atoms with van der Waals surface area (Å²) in [5.41, 5.74) is 3.46. The number of hydrogen-bond acceptors (Lipinski definition) is 0. The monoisotopic (exact) mass is 3860 g/mol. The molecule has 0 heterocycles. The van der Waals surface area contributed by atoms with E-state index in [9.17, 15) is 0 Å². The van der Waals surface area contributed by atoms with Gasteiger partial charge in [0.15, 0.2) is 0 Å². The van der Waals surface area contributed by atoms with E-state index in [1.54, 1.807) is 0 Å². The van der Waals surface area contributed by atoms with Crippen molar-refractivity contribution in [1.29, 1.82) is 0 Å². The summed E-state index contributed by atoms with van der Waals surface area (Å²) in [6.45, 7) is 2.08. The van der Waals surface area contributed by atoms with Gasteiger partial charge in [-0.2, -0.15) is 36.4 Å². The van der Waals surface area contributed by atoms with Crippen LogP contribution in [0.3, 0.4) is 0 Å². The fourth-order valence-corrected chi connectivity index (χ4v) is 2.04. The van der Waals surface area contributed by atoms with Crippen molar-refractivity contribution >= 4 is 10.8 Å². The van der Waals surface area contributed by atoms with Crippen LogP contribution in [0.4, 0.5) is 0 Å². The topological polar surface area (TPSA) is 0 Å². The van der Waals surface area contributed by atoms with Crippen molar-refractivity contribution in [3.63, 3.8) is 0 Å². The summed E-state index contributed by atoms with van der Waals surface area (Å²) in [5.74, 6) is 0. The Kier molecular flexibility index (Phi) is 932. The van der Waals surface area contributed by atoms with Crippen LogP contribution >= 0.6 is 0 Å². The summed E-state index contributed by atoms with van der Waals surface area (Å²) in [6, 6.07) is 25.3. The quantitative estimate of drug-likeness (QED) is 0.320. The summed E-state index contributed by atoms with van der Waals surface area (Å²) in [4.78, 5) is 0. The van der Waals surface area contributed by atoms with Gasteiger partial charge in [-0.05, 0) is 0 Å². The summed E-state index contributed by atoms with van der Waals surface area (Å²) in [6.07, 6.45) is 0. The predicted octanol–water partition coefficient (Wildman–Crippen LogP) is 4.31. The first-order chi connectivity index (χ1) is 8.34. The fraction of sp³-hybridized carbons (Fsp3) is 0.0588. The van der Waals surface area contributed by atoms with E-state index in [2.05, 4.69) is 61.5 Å². The molecule has 0 aliphatic heterocycles. The molecule has 0 aliphatic carbocycles. The van der Waals surface area contributed by atoms with E-state index in [-0.39, 0.29) is 1340 Å². The molecule has 0 saturated carbocycles. The van der Waals surface area contributed by atoms with Gasteiger partial charge in [0.05, 0.1) is 0 Å². The molecule has 0 aliphatic rings. The van der Waals surface area contributed by atoms with Crippen molar-refractivity contribution in [1.82, 2.24) is 0 Å². The van der Waals surface area contributed by atoms with Gasteiger partial charge in [-0.3, -0.25) is 0 Å². The Morgan fingerprint density at radius 3 is 0.776 bits per heavy atom. The molecule has 0 aromatic heterocycles.